The highest BCUT2D eigenvalue weighted by Gasteiger charge is 2.38. The standard InChI is InChI=1S/C4H12N2.C2HF3O2/c1-4(2,3)6-5;3-2(4,5)1(6)7/h6H,5H2,1-3H3;(H,6,7). The minimum atomic E-state index is -5.08. The van der Waals surface area contributed by atoms with Crippen LogP contribution in [0.15, 0.2) is 0 Å². The van der Waals surface area contributed by atoms with Crippen molar-refractivity contribution in [2.75, 3.05) is 0 Å². The fourth-order valence-corrected chi connectivity index (χ4v) is 0. The van der Waals surface area contributed by atoms with E-state index in [-0.39, 0.29) is 5.54 Å². The summed E-state index contributed by atoms with van der Waals surface area (Å²) in [5.41, 5.74) is 2.67. The molecule has 0 atom stereocenters. The van der Waals surface area contributed by atoms with Gasteiger partial charge in [-0.1, -0.05) is 0 Å². The van der Waals surface area contributed by atoms with Gasteiger partial charge in [0.25, 0.3) is 0 Å². The van der Waals surface area contributed by atoms with Gasteiger partial charge in [-0.05, 0) is 20.8 Å². The van der Waals surface area contributed by atoms with Gasteiger partial charge in [-0.3, -0.25) is 11.3 Å². The minimum absolute atomic E-state index is 0.0694. The van der Waals surface area contributed by atoms with Crippen molar-refractivity contribution in [3.8, 4) is 0 Å². The van der Waals surface area contributed by atoms with Crippen LogP contribution in [0.4, 0.5) is 13.2 Å². The first-order valence-corrected chi connectivity index (χ1v) is 3.28. The van der Waals surface area contributed by atoms with E-state index in [4.69, 9.17) is 15.7 Å². The predicted molar refractivity (Wildman–Crippen MR) is 40.8 cm³/mol. The van der Waals surface area contributed by atoms with Crippen molar-refractivity contribution in [3.63, 3.8) is 0 Å². The molecule has 0 aromatic carbocycles. The van der Waals surface area contributed by atoms with Crippen LogP contribution in [0.1, 0.15) is 20.8 Å². The van der Waals surface area contributed by atoms with Gasteiger partial charge in [-0.25, -0.2) is 4.79 Å². The van der Waals surface area contributed by atoms with E-state index >= 15 is 0 Å². The lowest BCUT2D eigenvalue weighted by molar-refractivity contribution is -0.192. The molecule has 80 valence electrons. The van der Waals surface area contributed by atoms with E-state index in [0.29, 0.717) is 0 Å². The number of nitrogens with two attached hydrogens (primary N) is 1. The summed E-state index contributed by atoms with van der Waals surface area (Å²) in [6.07, 6.45) is -5.08. The van der Waals surface area contributed by atoms with Crippen LogP contribution in [-0.2, 0) is 4.79 Å². The predicted octanol–water partition coefficient (Wildman–Crippen LogP) is 0.881. The highest BCUT2D eigenvalue weighted by molar-refractivity contribution is 5.73. The van der Waals surface area contributed by atoms with Gasteiger partial charge in [-0.2, -0.15) is 13.2 Å². The molecular formula is C6H13F3N2O2. The Morgan fingerprint density at radius 3 is 1.46 bits per heavy atom. The number of alkyl halides is 3. The number of carboxylic acids is 1. The number of carboxylic acid groups (broad SMARTS) is 1. The molecule has 0 rings (SSSR count). The molecule has 0 unspecified atom stereocenters. The average Bonchev–Trinajstić information content (AvgIpc) is 1.85. The summed E-state index contributed by atoms with van der Waals surface area (Å²) in [6.45, 7) is 6.02. The molecule has 0 aliphatic heterocycles. The van der Waals surface area contributed by atoms with E-state index in [2.05, 4.69) is 5.43 Å². The van der Waals surface area contributed by atoms with Gasteiger partial charge in [0, 0.05) is 5.54 Å². The monoisotopic (exact) mass is 202 g/mol. The lowest BCUT2D eigenvalue weighted by Gasteiger charge is -2.14. The maximum atomic E-state index is 10.6. The smallest absolute Gasteiger partial charge is 0.475 e. The minimum Gasteiger partial charge on any atom is -0.475 e. The Bertz CT molecular complexity index is 162. The van der Waals surface area contributed by atoms with Crippen LogP contribution < -0.4 is 11.3 Å². The fourth-order valence-electron chi connectivity index (χ4n) is 0. The zero-order chi connectivity index (χ0) is 11.3. The first-order valence-electron chi connectivity index (χ1n) is 3.28. The van der Waals surface area contributed by atoms with Crippen molar-refractivity contribution >= 4 is 5.97 Å². The Balaban J connectivity index is 0. The van der Waals surface area contributed by atoms with Gasteiger partial charge >= 0.3 is 12.1 Å². The molecule has 0 saturated heterocycles. The van der Waals surface area contributed by atoms with E-state index < -0.39 is 12.1 Å². The first-order chi connectivity index (χ1) is 5.50. The number of hydrazine groups is 1. The number of hydrogen-bond acceptors (Lipinski definition) is 3. The van der Waals surface area contributed by atoms with E-state index in [9.17, 15) is 13.2 Å². The van der Waals surface area contributed by atoms with E-state index in [1.165, 1.54) is 0 Å². The van der Waals surface area contributed by atoms with Crippen LogP contribution in [0.5, 0.6) is 0 Å². The SMILES string of the molecule is CC(C)(C)NN.O=C(O)C(F)(F)F. The zero-order valence-electron chi connectivity index (χ0n) is 7.57. The molecule has 13 heavy (non-hydrogen) atoms. The number of nitrogens with one attached hydrogen (secondary N) is 1. The fraction of sp³-hybridized carbons (Fsp3) is 0.833. The van der Waals surface area contributed by atoms with E-state index in [1.54, 1.807) is 0 Å². The molecule has 0 aromatic rings. The Kier molecular flexibility index (Phi) is 5.68. The number of aliphatic carboxylic acids is 1. The molecule has 0 spiro atoms. The first kappa shape index (κ1) is 14.7. The summed E-state index contributed by atoms with van der Waals surface area (Å²) >= 11 is 0. The maximum Gasteiger partial charge on any atom is 0.490 e. The second-order valence-electron chi connectivity index (χ2n) is 3.20. The van der Waals surface area contributed by atoms with Gasteiger partial charge in [0.15, 0.2) is 0 Å². The Morgan fingerprint density at radius 1 is 1.31 bits per heavy atom. The van der Waals surface area contributed by atoms with Crippen LogP contribution in [0, 0.1) is 0 Å². The molecular weight excluding hydrogens is 189 g/mol. The van der Waals surface area contributed by atoms with Gasteiger partial charge in [-0.15, -0.1) is 0 Å². The third-order valence-electron chi connectivity index (χ3n) is 0.676. The summed E-state index contributed by atoms with van der Waals surface area (Å²) < 4.78 is 31.7. The summed E-state index contributed by atoms with van der Waals surface area (Å²) in [4.78, 5) is 8.90. The molecule has 0 radical (unpaired) electrons. The van der Waals surface area contributed by atoms with Crippen molar-refractivity contribution in [2.45, 2.75) is 32.5 Å². The van der Waals surface area contributed by atoms with Crippen LogP contribution in [0.25, 0.3) is 0 Å². The zero-order valence-corrected chi connectivity index (χ0v) is 7.57. The van der Waals surface area contributed by atoms with E-state index in [1.807, 2.05) is 20.8 Å². The molecule has 0 aliphatic rings. The van der Waals surface area contributed by atoms with Crippen LogP contribution >= 0.6 is 0 Å². The lowest BCUT2D eigenvalue weighted by atomic mass is 10.1. The van der Waals surface area contributed by atoms with Gasteiger partial charge in [0.05, 0.1) is 0 Å². The van der Waals surface area contributed by atoms with Crippen molar-refractivity contribution < 1.29 is 23.1 Å². The maximum absolute atomic E-state index is 10.6. The third kappa shape index (κ3) is 14.1. The summed E-state index contributed by atoms with van der Waals surface area (Å²) in [6, 6.07) is 0. The van der Waals surface area contributed by atoms with Crippen molar-refractivity contribution in [1.82, 2.24) is 5.43 Å². The summed E-state index contributed by atoms with van der Waals surface area (Å²) in [5, 5.41) is 7.12. The van der Waals surface area contributed by atoms with Crippen LogP contribution in [0.2, 0.25) is 0 Å². The van der Waals surface area contributed by atoms with Crippen LogP contribution in [-0.4, -0.2) is 22.8 Å². The van der Waals surface area contributed by atoms with Gasteiger partial charge in [0.2, 0.25) is 0 Å². The highest BCUT2D eigenvalue weighted by Crippen LogP contribution is 2.13. The Labute approximate surface area is 73.9 Å². The van der Waals surface area contributed by atoms with Crippen molar-refractivity contribution in [1.29, 1.82) is 0 Å². The lowest BCUT2D eigenvalue weighted by Crippen LogP contribution is -2.41. The second kappa shape index (κ2) is 5.03. The number of halogens is 3. The molecule has 0 aliphatic carbocycles. The number of hydrogen-bond donors (Lipinski definition) is 3. The Morgan fingerprint density at radius 2 is 1.46 bits per heavy atom. The topological polar surface area (TPSA) is 75.3 Å². The van der Waals surface area contributed by atoms with E-state index in [0.717, 1.165) is 0 Å². The largest absolute Gasteiger partial charge is 0.490 e. The second-order valence-corrected chi connectivity index (χ2v) is 3.20. The molecule has 0 aromatic heterocycles. The molecule has 4 nitrogen and oxygen atoms in total. The molecule has 7 heteroatoms. The number of carbonyl (C=O) groups is 1. The molecule has 0 heterocycles. The van der Waals surface area contributed by atoms with Crippen LogP contribution in [0.3, 0.4) is 0 Å². The molecule has 0 fully saturated rings. The van der Waals surface area contributed by atoms with Gasteiger partial charge < -0.3 is 5.11 Å². The normalized spacial score (nSPS) is 11.6. The molecule has 0 saturated carbocycles. The highest BCUT2D eigenvalue weighted by atomic mass is 19.4. The summed E-state index contributed by atoms with van der Waals surface area (Å²) in [7, 11) is 0. The molecule has 4 N–H and O–H groups in total. The summed E-state index contributed by atoms with van der Waals surface area (Å²) in [5.74, 6) is 2.30. The van der Waals surface area contributed by atoms with Gasteiger partial charge in [0.1, 0.15) is 0 Å². The van der Waals surface area contributed by atoms with Crippen molar-refractivity contribution in [3.05, 3.63) is 0 Å². The number of rotatable bonds is 0. The average molecular weight is 202 g/mol. The quantitative estimate of drug-likeness (QED) is 0.402. The van der Waals surface area contributed by atoms with Crippen molar-refractivity contribution in [2.24, 2.45) is 5.84 Å². The molecule has 0 amide bonds. The third-order valence-corrected chi connectivity index (χ3v) is 0.676. The Hall–Kier alpha value is -0.820. The molecule has 0 bridgehead atoms.